The third kappa shape index (κ3) is 2.42. The lowest BCUT2D eigenvalue weighted by molar-refractivity contribution is 1.12. The lowest BCUT2D eigenvalue weighted by Gasteiger charge is -2.08. The molecule has 98 valence electrons. The van der Waals surface area contributed by atoms with E-state index in [0.717, 1.165) is 35.2 Å². The van der Waals surface area contributed by atoms with Crippen LogP contribution in [0.1, 0.15) is 16.7 Å². The Bertz CT molecular complexity index is 698. The maximum atomic E-state index is 6.04. The van der Waals surface area contributed by atoms with Crippen LogP contribution < -0.4 is 11.1 Å². The Morgan fingerprint density at radius 2 is 2.16 bits per heavy atom. The molecule has 0 unspecified atom stereocenters. The van der Waals surface area contributed by atoms with Gasteiger partial charge in [0.1, 0.15) is 0 Å². The number of aryl methyl sites for hydroxylation is 1. The van der Waals surface area contributed by atoms with Crippen molar-refractivity contribution < 1.29 is 0 Å². The molecule has 0 aliphatic heterocycles. The minimum Gasteiger partial charge on any atom is -0.397 e. The molecule has 0 bridgehead atoms. The molecule has 0 saturated heterocycles. The summed E-state index contributed by atoms with van der Waals surface area (Å²) in [5.41, 5.74) is 8.74. The van der Waals surface area contributed by atoms with Crippen LogP contribution in [0.2, 0.25) is 0 Å². The number of nitrogens with zero attached hydrogens (tertiary/aromatic N) is 1. The summed E-state index contributed by atoms with van der Waals surface area (Å²) >= 11 is 1.84. The standard InChI is InChI=1S/C14H16N4S/c1-2-10-3-4-11(19-10)8-16-14-6-13-9(5-12(14)15)7-17-18-13/h3-7,16H,2,8,15H2,1H3,(H,17,18). The Kier molecular flexibility index (Phi) is 3.13. The molecule has 0 radical (unpaired) electrons. The number of hydrogen-bond acceptors (Lipinski definition) is 4. The average Bonchev–Trinajstić information content (AvgIpc) is 3.03. The van der Waals surface area contributed by atoms with Crippen LogP contribution in [0.4, 0.5) is 11.4 Å². The first kappa shape index (κ1) is 12.0. The monoisotopic (exact) mass is 272 g/mol. The van der Waals surface area contributed by atoms with Crippen molar-refractivity contribution in [2.45, 2.75) is 19.9 Å². The van der Waals surface area contributed by atoms with Gasteiger partial charge in [0.25, 0.3) is 0 Å². The number of nitrogen functional groups attached to an aromatic ring is 1. The zero-order valence-corrected chi connectivity index (χ0v) is 11.6. The summed E-state index contributed by atoms with van der Waals surface area (Å²) in [4.78, 5) is 2.73. The third-order valence-electron chi connectivity index (χ3n) is 3.13. The number of fused-ring (bicyclic) bond motifs is 1. The molecular weight excluding hydrogens is 256 g/mol. The van der Waals surface area contributed by atoms with Gasteiger partial charge in [-0.3, -0.25) is 5.10 Å². The number of aromatic amines is 1. The minimum atomic E-state index is 0.751. The second kappa shape index (κ2) is 4.93. The van der Waals surface area contributed by atoms with E-state index in [4.69, 9.17) is 5.73 Å². The van der Waals surface area contributed by atoms with Gasteiger partial charge in [-0.25, -0.2) is 0 Å². The Morgan fingerprint density at radius 3 is 2.95 bits per heavy atom. The number of benzene rings is 1. The van der Waals surface area contributed by atoms with Gasteiger partial charge in [-0.15, -0.1) is 11.3 Å². The van der Waals surface area contributed by atoms with Crippen molar-refractivity contribution in [3.05, 3.63) is 40.2 Å². The molecule has 0 aliphatic carbocycles. The second-order valence-electron chi connectivity index (χ2n) is 4.47. The van der Waals surface area contributed by atoms with Crippen molar-refractivity contribution in [2.24, 2.45) is 0 Å². The van der Waals surface area contributed by atoms with Crippen LogP contribution in [0.5, 0.6) is 0 Å². The van der Waals surface area contributed by atoms with E-state index in [0.29, 0.717) is 0 Å². The number of thiophene rings is 1. The normalized spacial score (nSPS) is 11.0. The number of nitrogens with two attached hydrogens (primary N) is 1. The molecule has 0 fully saturated rings. The molecule has 3 rings (SSSR count). The van der Waals surface area contributed by atoms with Crippen molar-refractivity contribution in [3.63, 3.8) is 0 Å². The molecule has 2 heterocycles. The highest BCUT2D eigenvalue weighted by Crippen LogP contribution is 2.26. The van der Waals surface area contributed by atoms with Crippen LogP contribution in [0.15, 0.2) is 30.5 Å². The van der Waals surface area contributed by atoms with Gasteiger partial charge in [-0.2, -0.15) is 5.10 Å². The van der Waals surface area contributed by atoms with Crippen molar-refractivity contribution in [1.82, 2.24) is 10.2 Å². The Hall–Kier alpha value is -2.01. The summed E-state index contributed by atoms with van der Waals surface area (Å²) in [5.74, 6) is 0. The van der Waals surface area contributed by atoms with Gasteiger partial charge >= 0.3 is 0 Å². The number of aromatic nitrogens is 2. The van der Waals surface area contributed by atoms with E-state index < -0.39 is 0 Å². The fourth-order valence-electron chi connectivity index (χ4n) is 2.05. The largest absolute Gasteiger partial charge is 0.397 e. The van der Waals surface area contributed by atoms with E-state index in [1.54, 1.807) is 6.20 Å². The summed E-state index contributed by atoms with van der Waals surface area (Å²) in [7, 11) is 0. The van der Waals surface area contributed by atoms with Gasteiger partial charge in [-0.05, 0) is 30.7 Å². The Morgan fingerprint density at radius 1 is 1.32 bits per heavy atom. The molecular formula is C14H16N4S. The fraction of sp³-hybridized carbons (Fsp3) is 0.214. The molecule has 1 aromatic carbocycles. The summed E-state index contributed by atoms with van der Waals surface area (Å²) < 4.78 is 0. The molecule has 3 aromatic rings. The molecule has 0 amide bonds. The van der Waals surface area contributed by atoms with E-state index in [-0.39, 0.29) is 0 Å². The maximum absolute atomic E-state index is 6.04. The van der Waals surface area contributed by atoms with Crippen LogP contribution in [0.3, 0.4) is 0 Å². The molecule has 4 nitrogen and oxygen atoms in total. The lowest BCUT2D eigenvalue weighted by Crippen LogP contribution is -2.01. The summed E-state index contributed by atoms with van der Waals surface area (Å²) in [5, 5.41) is 11.4. The Labute approximate surface area is 115 Å². The van der Waals surface area contributed by atoms with Crippen LogP contribution in [-0.4, -0.2) is 10.2 Å². The SMILES string of the molecule is CCc1ccc(CNc2cc3[nH]ncc3cc2N)s1. The number of rotatable bonds is 4. The van der Waals surface area contributed by atoms with Gasteiger partial charge in [0.05, 0.1) is 23.1 Å². The number of hydrogen-bond donors (Lipinski definition) is 3. The lowest BCUT2D eigenvalue weighted by atomic mass is 10.2. The van der Waals surface area contributed by atoms with Gasteiger partial charge in [0.2, 0.25) is 0 Å². The predicted molar refractivity (Wildman–Crippen MR) is 81.5 cm³/mol. The average molecular weight is 272 g/mol. The van der Waals surface area contributed by atoms with E-state index >= 15 is 0 Å². The quantitative estimate of drug-likeness (QED) is 0.638. The van der Waals surface area contributed by atoms with Crippen LogP contribution in [-0.2, 0) is 13.0 Å². The maximum Gasteiger partial charge on any atom is 0.0672 e. The van der Waals surface area contributed by atoms with Gasteiger partial charge < -0.3 is 11.1 Å². The molecule has 5 heteroatoms. The van der Waals surface area contributed by atoms with Gasteiger partial charge in [-0.1, -0.05) is 6.92 Å². The third-order valence-corrected chi connectivity index (χ3v) is 4.36. The highest BCUT2D eigenvalue weighted by molar-refractivity contribution is 7.12. The highest BCUT2D eigenvalue weighted by atomic mass is 32.1. The van der Waals surface area contributed by atoms with Crippen molar-refractivity contribution in [2.75, 3.05) is 11.1 Å². The topological polar surface area (TPSA) is 66.7 Å². The minimum absolute atomic E-state index is 0.751. The van der Waals surface area contributed by atoms with E-state index in [9.17, 15) is 0 Å². The molecule has 0 aliphatic rings. The molecule has 2 aromatic heterocycles. The van der Waals surface area contributed by atoms with E-state index in [2.05, 4.69) is 34.6 Å². The molecule has 0 saturated carbocycles. The smallest absolute Gasteiger partial charge is 0.0672 e. The summed E-state index contributed by atoms with van der Waals surface area (Å²) in [6.45, 7) is 2.97. The zero-order chi connectivity index (χ0) is 13.2. The summed E-state index contributed by atoms with van der Waals surface area (Å²) in [6, 6.07) is 8.30. The van der Waals surface area contributed by atoms with Gasteiger partial charge in [0.15, 0.2) is 0 Å². The van der Waals surface area contributed by atoms with Crippen LogP contribution in [0, 0.1) is 0 Å². The van der Waals surface area contributed by atoms with Crippen molar-refractivity contribution in [3.8, 4) is 0 Å². The first-order valence-corrected chi connectivity index (χ1v) is 7.12. The molecule has 0 spiro atoms. The molecule has 19 heavy (non-hydrogen) atoms. The Balaban J connectivity index is 1.78. The van der Waals surface area contributed by atoms with Crippen LogP contribution >= 0.6 is 11.3 Å². The predicted octanol–water partition coefficient (Wildman–Crippen LogP) is 3.38. The number of H-pyrrole nitrogens is 1. The molecule has 0 atom stereocenters. The van der Waals surface area contributed by atoms with Crippen molar-refractivity contribution >= 4 is 33.6 Å². The van der Waals surface area contributed by atoms with Gasteiger partial charge in [0, 0.05) is 21.7 Å². The first-order chi connectivity index (χ1) is 9.26. The molecule has 4 N–H and O–H groups in total. The fourth-order valence-corrected chi connectivity index (χ4v) is 2.95. The van der Waals surface area contributed by atoms with E-state index in [1.807, 2.05) is 23.5 Å². The second-order valence-corrected chi connectivity index (χ2v) is 5.72. The number of anilines is 2. The number of nitrogens with one attached hydrogen (secondary N) is 2. The van der Waals surface area contributed by atoms with Crippen LogP contribution in [0.25, 0.3) is 10.9 Å². The summed E-state index contributed by atoms with van der Waals surface area (Å²) in [6.07, 6.45) is 2.87. The van der Waals surface area contributed by atoms with Crippen molar-refractivity contribution in [1.29, 1.82) is 0 Å². The highest BCUT2D eigenvalue weighted by Gasteiger charge is 2.04. The first-order valence-electron chi connectivity index (χ1n) is 6.30. The zero-order valence-electron chi connectivity index (χ0n) is 10.7. The van der Waals surface area contributed by atoms with E-state index in [1.165, 1.54) is 9.75 Å².